The second kappa shape index (κ2) is 7.91. The molecule has 1 fully saturated rings. The van der Waals surface area contributed by atoms with Crippen molar-refractivity contribution in [2.24, 2.45) is 0 Å². The van der Waals surface area contributed by atoms with Gasteiger partial charge in [-0.2, -0.15) is 0 Å². The van der Waals surface area contributed by atoms with Crippen molar-refractivity contribution in [3.8, 4) is 17.0 Å². The molecule has 34 heavy (non-hydrogen) atoms. The normalized spacial score (nSPS) is 17.9. The van der Waals surface area contributed by atoms with Crippen molar-refractivity contribution >= 4 is 17.3 Å². The topological polar surface area (TPSA) is 62.3 Å². The van der Waals surface area contributed by atoms with Crippen LogP contribution in [0.25, 0.3) is 11.3 Å². The zero-order valence-corrected chi connectivity index (χ0v) is 19.3. The van der Waals surface area contributed by atoms with Gasteiger partial charge in [-0.3, -0.25) is 0 Å². The van der Waals surface area contributed by atoms with E-state index in [9.17, 15) is 4.39 Å². The predicted molar refractivity (Wildman–Crippen MR) is 128 cm³/mol. The van der Waals surface area contributed by atoms with Crippen molar-refractivity contribution < 1.29 is 13.5 Å². The van der Waals surface area contributed by atoms with E-state index in [1.807, 2.05) is 6.07 Å². The first-order chi connectivity index (χ1) is 16.4. The molecule has 0 unspecified atom stereocenters. The maximum atomic E-state index is 15.2. The van der Waals surface area contributed by atoms with Crippen LogP contribution >= 0.6 is 0 Å². The van der Waals surface area contributed by atoms with Crippen LogP contribution < -0.4 is 20.3 Å². The zero-order chi connectivity index (χ0) is 23.4. The minimum Gasteiger partial charge on any atom is -0.480 e. The van der Waals surface area contributed by atoms with Crippen LogP contribution in [0.1, 0.15) is 37.8 Å². The molecule has 1 spiro atoms. The van der Waals surface area contributed by atoms with Crippen LogP contribution in [0.4, 0.5) is 26.1 Å². The maximum absolute atomic E-state index is 15.2. The molecule has 1 aliphatic carbocycles. The molecule has 0 amide bonds. The van der Waals surface area contributed by atoms with Gasteiger partial charge in [0.1, 0.15) is 11.3 Å². The van der Waals surface area contributed by atoms with Crippen LogP contribution in [0.15, 0.2) is 36.5 Å². The molecule has 6 rings (SSSR count). The van der Waals surface area contributed by atoms with Crippen LogP contribution in [0, 0.1) is 11.6 Å². The third-order valence-electron chi connectivity index (χ3n) is 6.91. The summed E-state index contributed by atoms with van der Waals surface area (Å²) in [5, 5.41) is 6.53. The number of rotatable bonds is 4. The van der Waals surface area contributed by atoms with E-state index in [0.29, 0.717) is 17.8 Å². The first-order valence-corrected chi connectivity index (χ1v) is 11.8. The lowest BCUT2D eigenvalue weighted by atomic mass is 10.0. The lowest BCUT2D eigenvalue weighted by Crippen LogP contribution is -2.45. The number of nitrogens with one attached hydrogen (secondary N) is 2. The highest BCUT2D eigenvalue weighted by molar-refractivity contribution is 5.73. The van der Waals surface area contributed by atoms with Gasteiger partial charge in [-0.25, -0.2) is 18.7 Å². The van der Waals surface area contributed by atoms with Crippen LogP contribution in [0.2, 0.25) is 0 Å². The van der Waals surface area contributed by atoms with E-state index in [0.717, 1.165) is 44.2 Å². The van der Waals surface area contributed by atoms with E-state index in [4.69, 9.17) is 4.74 Å². The molecule has 6 nitrogen and oxygen atoms in total. The van der Waals surface area contributed by atoms with Crippen molar-refractivity contribution in [3.63, 3.8) is 0 Å². The molecule has 8 heteroatoms. The first-order valence-electron chi connectivity index (χ1n) is 11.8. The fourth-order valence-electron chi connectivity index (χ4n) is 4.85. The number of fused-ring (bicyclic) bond motifs is 2. The number of anilines is 3. The molecule has 3 aromatic rings. The minimum atomic E-state index is -0.604. The lowest BCUT2D eigenvalue weighted by Gasteiger charge is -2.39. The van der Waals surface area contributed by atoms with Gasteiger partial charge in [0.05, 0.1) is 18.4 Å². The molecule has 3 aliphatic rings. The highest BCUT2D eigenvalue weighted by atomic mass is 19.1. The Hall–Kier alpha value is -3.26. The number of aromatic nitrogens is 2. The number of ether oxygens (including phenoxy) is 1. The third kappa shape index (κ3) is 3.76. The number of benzene rings is 2. The number of hydrogen-bond acceptors (Lipinski definition) is 6. The van der Waals surface area contributed by atoms with Gasteiger partial charge in [-0.05, 0) is 75.0 Å². The Kier molecular flexibility index (Phi) is 4.95. The van der Waals surface area contributed by atoms with E-state index in [1.54, 1.807) is 6.07 Å². The lowest BCUT2D eigenvalue weighted by molar-refractivity contribution is 0.160. The largest absolute Gasteiger partial charge is 0.480 e. The molecule has 0 bridgehead atoms. The number of halogens is 2. The molecule has 2 N–H and O–H groups in total. The highest BCUT2D eigenvalue weighted by Crippen LogP contribution is 2.50. The van der Waals surface area contributed by atoms with Crippen LogP contribution in [0.5, 0.6) is 5.75 Å². The minimum absolute atomic E-state index is 0.0526. The summed E-state index contributed by atoms with van der Waals surface area (Å²) >= 11 is 0. The van der Waals surface area contributed by atoms with Crippen molar-refractivity contribution in [1.82, 2.24) is 15.3 Å². The molecule has 176 valence electrons. The Morgan fingerprint density at radius 3 is 2.76 bits per heavy atom. The summed E-state index contributed by atoms with van der Waals surface area (Å²) in [5.41, 5.74) is 4.13. The number of nitrogens with zero attached hydrogens (tertiary/aromatic N) is 3. The standard InChI is InChI=1S/C26H27F2N5O/c1-15(2)33-14-26(6-7-26)34-24-20(27)10-18(11-22(24)33)23-21(28)13-30-25(32-23)31-19-4-3-17-12-29-8-5-16(17)9-19/h3-4,9-11,13,15,29H,5-8,12,14H2,1-2H3,(H,30,31,32). The SMILES string of the molecule is CC(C)N1CC2(CC2)Oc2c(F)cc(-c3nc(Nc4ccc5c(c4)CCNC5)ncc3F)cc21. The second-order valence-corrected chi connectivity index (χ2v) is 9.74. The maximum Gasteiger partial charge on any atom is 0.227 e. The molecule has 1 aromatic heterocycles. The molecule has 1 saturated carbocycles. The second-order valence-electron chi connectivity index (χ2n) is 9.74. The highest BCUT2D eigenvalue weighted by Gasteiger charge is 2.51. The molecule has 0 radical (unpaired) electrons. The summed E-state index contributed by atoms with van der Waals surface area (Å²) in [7, 11) is 0. The molecule has 2 aliphatic heterocycles. The summed E-state index contributed by atoms with van der Waals surface area (Å²) in [6.07, 6.45) is 3.92. The Bertz CT molecular complexity index is 1270. The van der Waals surface area contributed by atoms with Crippen molar-refractivity contribution in [2.75, 3.05) is 23.3 Å². The van der Waals surface area contributed by atoms with Gasteiger partial charge in [0.25, 0.3) is 0 Å². The first kappa shape index (κ1) is 21.3. The van der Waals surface area contributed by atoms with Gasteiger partial charge in [-0.1, -0.05) is 6.07 Å². The van der Waals surface area contributed by atoms with Gasteiger partial charge < -0.3 is 20.3 Å². The third-order valence-corrected chi connectivity index (χ3v) is 6.91. The smallest absolute Gasteiger partial charge is 0.227 e. The number of hydrogen-bond donors (Lipinski definition) is 2. The fourth-order valence-corrected chi connectivity index (χ4v) is 4.85. The zero-order valence-electron chi connectivity index (χ0n) is 19.3. The summed E-state index contributed by atoms with van der Waals surface area (Å²) in [6.45, 7) is 6.63. The Labute approximate surface area is 197 Å². The van der Waals surface area contributed by atoms with Crippen molar-refractivity contribution in [3.05, 3.63) is 59.3 Å². The van der Waals surface area contributed by atoms with Gasteiger partial charge in [-0.15, -0.1) is 0 Å². The van der Waals surface area contributed by atoms with Crippen LogP contribution in [-0.4, -0.2) is 34.7 Å². The van der Waals surface area contributed by atoms with Gasteiger partial charge >= 0.3 is 0 Å². The van der Waals surface area contributed by atoms with E-state index < -0.39 is 11.6 Å². The fraction of sp³-hybridized carbons (Fsp3) is 0.385. The summed E-state index contributed by atoms with van der Waals surface area (Å²) < 4.78 is 36.1. The van der Waals surface area contributed by atoms with E-state index in [2.05, 4.69) is 51.5 Å². The van der Waals surface area contributed by atoms with E-state index >= 15 is 4.39 Å². The van der Waals surface area contributed by atoms with Crippen LogP contribution in [-0.2, 0) is 13.0 Å². The predicted octanol–water partition coefficient (Wildman–Crippen LogP) is 4.95. The average Bonchev–Trinajstić information content (AvgIpc) is 3.58. The summed E-state index contributed by atoms with van der Waals surface area (Å²) in [6, 6.07) is 9.34. The Morgan fingerprint density at radius 1 is 1.12 bits per heavy atom. The quantitative estimate of drug-likeness (QED) is 0.571. The Balaban J connectivity index is 1.35. The molecular formula is C26H27F2N5O. The molecular weight excluding hydrogens is 436 g/mol. The monoisotopic (exact) mass is 463 g/mol. The van der Waals surface area contributed by atoms with E-state index in [-0.39, 0.29) is 29.0 Å². The molecule has 0 atom stereocenters. The summed E-state index contributed by atoms with van der Waals surface area (Å²) in [4.78, 5) is 10.7. The van der Waals surface area contributed by atoms with Gasteiger partial charge in [0.2, 0.25) is 5.95 Å². The summed E-state index contributed by atoms with van der Waals surface area (Å²) in [5.74, 6) is -0.595. The molecule has 0 saturated heterocycles. The van der Waals surface area contributed by atoms with Gasteiger partial charge in [0.15, 0.2) is 17.4 Å². The Morgan fingerprint density at radius 2 is 1.97 bits per heavy atom. The van der Waals surface area contributed by atoms with Crippen molar-refractivity contribution in [1.29, 1.82) is 0 Å². The van der Waals surface area contributed by atoms with Gasteiger partial charge in [0, 0.05) is 23.8 Å². The molecule has 2 aromatic carbocycles. The van der Waals surface area contributed by atoms with Crippen molar-refractivity contribution in [2.45, 2.75) is 51.3 Å². The van der Waals surface area contributed by atoms with E-state index in [1.165, 1.54) is 17.2 Å². The molecule has 3 heterocycles. The average molecular weight is 464 g/mol. The van der Waals surface area contributed by atoms with Crippen LogP contribution in [0.3, 0.4) is 0 Å².